The average Bonchev–Trinajstić information content (AvgIpc) is 3.07. The Hall–Kier alpha value is -0.960. The van der Waals surface area contributed by atoms with Gasteiger partial charge in [-0.2, -0.15) is 0 Å². The van der Waals surface area contributed by atoms with E-state index >= 15 is 0 Å². The van der Waals surface area contributed by atoms with Crippen LogP contribution >= 0.6 is 0 Å². The van der Waals surface area contributed by atoms with Crippen LogP contribution in [0.1, 0.15) is 104 Å². The van der Waals surface area contributed by atoms with E-state index in [1.54, 1.807) is 0 Å². The molecule has 1 heterocycles. The summed E-state index contributed by atoms with van der Waals surface area (Å²) in [6, 6.07) is 0. The minimum Gasteiger partial charge on any atom is -0.374 e. The van der Waals surface area contributed by atoms with Crippen molar-refractivity contribution in [3.05, 3.63) is 24.6 Å². The third-order valence-corrected chi connectivity index (χ3v) is 5.16. The van der Waals surface area contributed by atoms with Gasteiger partial charge in [0, 0.05) is 12.4 Å². The van der Waals surface area contributed by atoms with Gasteiger partial charge in [0.1, 0.15) is 12.4 Å². The zero-order chi connectivity index (χ0) is 18.2. The van der Waals surface area contributed by atoms with Crippen LogP contribution in [0.25, 0.3) is 0 Å². The molecule has 1 rings (SSSR count). The fraction of sp³-hybridized carbons (Fsp3) is 0.818. The first kappa shape index (κ1) is 22.1. The minimum absolute atomic E-state index is 0.290. The maximum Gasteiger partial charge on any atom is 0.125 e. The maximum atomic E-state index is 9.68. The zero-order valence-corrected chi connectivity index (χ0v) is 16.8. The summed E-state index contributed by atoms with van der Waals surface area (Å²) in [6.07, 6.45) is 27.2. The second-order valence-corrected chi connectivity index (χ2v) is 7.47. The first-order chi connectivity index (χ1) is 12.3. The number of unbranched alkanes of at least 4 members (excludes halogenated alkanes) is 12. The number of hydrogen-bond donors (Lipinski definition) is 2. The van der Waals surface area contributed by atoms with E-state index in [-0.39, 0.29) is 6.17 Å². The van der Waals surface area contributed by atoms with Crippen molar-refractivity contribution in [1.82, 2.24) is 10.2 Å². The Morgan fingerprint density at radius 3 is 1.96 bits per heavy atom. The average molecular weight is 351 g/mol. The van der Waals surface area contributed by atoms with E-state index in [2.05, 4.69) is 24.4 Å². The first-order valence-corrected chi connectivity index (χ1v) is 10.7. The van der Waals surface area contributed by atoms with Crippen molar-refractivity contribution < 1.29 is 5.11 Å². The van der Waals surface area contributed by atoms with Crippen LogP contribution in [0.3, 0.4) is 0 Å². The highest BCUT2D eigenvalue weighted by atomic mass is 16.3. The molecule has 2 N–H and O–H groups in total. The van der Waals surface area contributed by atoms with Crippen LogP contribution in [-0.2, 0) is 0 Å². The predicted molar refractivity (Wildman–Crippen MR) is 109 cm³/mol. The number of rotatable bonds is 16. The highest BCUT2D eigenvalue weighted by Gasteiger charge is 2.20. The molecule has 1 aliphatic heterocycles. The fourth-order valence-electron chi connectivity index (χ4n) is 3.58. The molecule has 0 bridgehead atoms. The molecular weight excluding hydrogens is 308 g/mol. The third-order valence-electron chi connectivity index (χ3n) is 5.16. The summed E-state index contributed by atoms with van der Waals surface area (Å²) in [5.74, 6) is 0. The Kier molecular flexibility index (Phi) is 13.5. The van der Waals surface area contributed by atoms with Crippen LogP contribution in [-0.4, -0.2) is 22.4 Å². The highest BCUT2D eigenvalue weighted by molar-refractivity contribution is 4.94. The van der Waals surface area contributed by atoms with Gasteiger partial charge < -0.3 is 15.3 Å². The lowest BCUT2D eigenvalue weighted by atomic mass is 10.0. The highest BCUT2D eigenvalue weighted by Crippen LogP contribution is 2.17. The molecule has 0 aromatic carbocycles. The Balaban J connectivity index is 1.78. The summed E-state index contributed by atoms with van der Waals surface area (Å²) in [4.78, 5) is 2.00. The van der Waals surface area contributed by atoms with Gasteiger partial charge in [-0.05, 0) is 39.5 Å². The van der Waals surface area contributed by atoms with Gasteiger partial charge in [0.05, 0.1) is 0 Å². The molecule has 0 aromatic rings. The molecular formula is C22H42N2O. The standard InChI is InChI=1S/C22H42N2O/c1-3-4-5-6-7-8-9-10-11-12-13-14-15-16-17-18-22-23-19-20-24(22)21(2)25/h3-4,19-23,25H,5-18H2,1-2H3/b4-3+. The maximum absolute atomic E-state index is 9.68. The molecule has 0 saturated carbocycles. The monoisotopic (exact) mass is 350 g/mol. The second kappa shape index (κ2) is 15.3. The van der Waals surface area contributed by atoms with E-state index in [4.69, 9.17) is 0 Å². The van der Waals surface area contributed by atoms with Crippen LogP contribution in [0.15, 0.2) is 24.6 Å². The van der Waals surface area contributed by atoms with E-state index in [0.29, 0.717) is 0 Å². The van der Waals surface area contributed by atoms with Gasteiger partial charge in [-0.3, -0.25) is 0 Å². The van der Waals surface area contributed by atoms with Gasteiger partial charge in [0.15, 0.2) is 0 Å². The van der Waals surface area contributed by atoms with Gasteiger partial charge in [-0.25, -0.2) is 0 Å². The van der Waals surface area contributed by atoms with Gasteiger partial charge >= 0.3 is 0 Å². The number of nitrogens with one attached hydrogen (secondary N) is 1. The summed E-state index contributed by atoms with van der Waals surface area (Å²) >= 11 is 0. The molecule has 0 fully saturated rings. The molecule has 3 nitrogen and oxygen atoms in total. The van der Waals surface area contributed by atoms with Crippen molar-refractivity contribution in [1.29, 1.82) is 0 Å². The van der Waals surface area contributed by atoms with Crippen molar-refractivity contribution in [2.75, 3.05) is 0 Å². The van der Waals surface area contributed by atoms with Crippen molar-refractivity contribution in [3.8, 4) is 0 Å². The van der Waals surface area contributed by atoms with Crippen LogP contribution in [0, 0.1) is 0 Å². The largest absolute Gasteiger partial charge is 0.374 e. The van der Waals surface area contributed by atoms with E-state index in [9.17, 15) is 5.11 Å². The number of hydrogen-bond acceptors (Lipinski definition) is 3. The second-order valence-electron chi connectivity index (χ2n) is 7.47. The van der Waals surface area contributed by atoms with E-state index in [1.165, 1.54) is 83.5 Å². The van der Waals surface area contributed by atoms with Crippen LogP contribution in [0.5, 0.6) is 0 Å². The predicted octanol–water partition coefficient (Wildman–Crippen LogP) is 6.06. The molecule has 0 radical (unpaired) electrons. The SMILES string of the molecule is C/C=C/CCCCCCCCCCCCCCC1NC=CN1C(C)O. The lowest BCUT2D eigenvalue weighted by Gasteiger charge is -2.28. The van der Waals surface area contributed by atoms with Crippen molar-refractivity contribution >= 4 is 0 Å². The summed E-state index contributed by atoms with van der Waals surface area (Å²) in [5.41, 5.74) is 0. The summed E-state index contributed by atoms with van der Waals surface area (Å²) in [7, 11) is 0. The van der Waals surface area contributed by atoms with Gasteiger partial charge in [0.2, 0.25) is 0 Å². The Bertz CT molecular complexity index is 352. The molecule has 3 heteroatoms. The third kappa shape index (κ3) is 11.3. The number of nitrogens with zero attached hydrogens (tertiary/aromatic N) is 1. The quantitative estimate of drug-likeness (QED) is 0.262. The molecule has 146 valence electrons. The summed E-state index contributed by atoms with van der Waals surface area (Å²) in [6.45, 7) is 3.93. The van der Waals surface area contributed by atoms with Crippen LogP contribution in [0.2, 0.25) is 0 Å². The number of aliphatic hydroxyl groups excluding tert-OH is 1. The Morgan fingerprint density at radius 2 is 1.44 bits per heavy atom. The molecule has 0 amide bonds. The van der Waals surface area contributed by atoms with E-state index in [1.807, 2.05) is 24.2 Å². The van der Waals surface area contributed by atoms with E-state index < -0.39 is 6.23 Å². The Morgan fingerprint density at radius 1 is 0.920 bits per heavy atom. The first-order valence-electron chi connectivity index (χ1n) is 10.7. The van der Waals surface area contributed by atoms with Crippen LogP contribution in [0.4, 0.5) is 0 Å². The number of allylic oxidation sites excluding steroid dienone is 2. The number of aliphatic hydroxyl groups is 1. The molecule has 0 aliphatic carbocycles. The van der Waals surface area contributed by atoms with Crippen molar-refractivity contribution in [2.45, 2.75) is 116 Å². The molecule has 0 spiro atoms. The topological polar surface area (TPSA) is 35.5 Å². The normalized spacial score (nSPS) is 18.2. The summed E-state index contributed by atoms with van der Waals surface area (Å²) in [5, 5.41) is 13.0. The Labute approximate surface area is 156 Å². The van der Waals surface area contributed by atoms with Gasteiger partial charge in [0.25, 0.3) is 0 Å². The fourth-order valence-corrected chi connectivity index (χ4v) is 3.58. The lowest BCUT2D eigenvalue weighted by Crippen LogP contribution is -2.40. The van der Waals surface area contributed by atoms with Crippen molar-refractivity contribution in [3.63, 3.8) is 0 Å². The van der Waals surface area contributed by atoms with E-state index in [0.717, 1.165) is 6.42 Å². The molecule has 25 heavy (non-hydrogen) atoms. The van der Waals surface area contributed by atoms with Crippen LogP contribution < -0.4 is 5.32 Å². The van der Waals surface area contributed by atoms with Crippen molar-refractivity contribution in [2.24, 2.45) is 0 Å². The molecule has 2 atom stereocenters. The smallest absolute Gasteiger partial charge is 0.125 e. The summed E-state index contributed by atoms with van der Waals surface area (Å²) < 4.78 is 0. The van der Waals surface area contributed by atoms with Gasteiger partial charge in [-0.15, -0.1) is 0 Å². The zero-order valence-electron chi connectivity index (χ0n) is 16.8. The van der Waals surface area contributed by atoms with Gasteiger partial charge in [-0.1, -0.05) is 76.4 Å². The molecule has 0 saturated heterocycles. The molecule has 0 aromatic heterocycles. The molecule has 1 aliphatic rings. The lowest BCUT2D eigenvalue weighted by molar-refractivity contribution is 0.0254. The minimum atomic E-state index is -0.399. The molecule has 2 unspecified atom stereocenters.